The predicted octanol–water partition coefficient (Wildman–Crippen LogP) is 1.21. The summed E-state index contributed by atoms with van der Waals surface area (Å²) in [5.74, 6) is 0.596. The maximum Gasteiger partial charge on any atom is 0.223 e. The lowest BCUT2D eigenvalue weighted by Gasteiger charge is -2.21. The minimum Gasteiger partial charge on any atom is -0.409 e. The summed E-state index contributed by atoms with van der Waals surface area (Å²) in [7, 11) is 0. The average Bonchev–Trinajstić information content (AvgIpc) is 2.98. The molecule has 1 amide bonds. The minimum absolute atomic E-state index is 0.00496. The lowest BCUT2D eigenvalue weighted by atomic mass is 10.0. The Morgan fingerprint density at radius 3 is 2.53 bits per heavy atom. The maximum atomic E-state index is 12.0. The van der Waals surface area contributed by atoms with Crippen molar-refractivity contribution in [3.8, 4) is 0 Å². The van der Waals surface area contributed by atoms with E-state index in [0.717, 1.165) is 44.9 Å². The molecule has 0 aliphatic heterocycles. The number of oxime groups is 1. The first-order chi connectivity index (χ1) is 8.22. The molecular weight excluding hydrogens is 218 g/mol. The van der Waals surface area contributed by atoms with E-state index in [0.29, 0.717) is 0 Å². The van der Waals surface area contributed by atoms with Crippen LogP contribution in [0.15, 0.2) is 5.16 Å². The Morgan fingerprint density at radius 2 is 1.88 bits per heavy atom. The first-order valence-electron chi connectivity index (χ1n) is 6.50. The molecule has 0 saturated heterocycles. The summed E-state index contributed by atoms with van der Waals surface area (Å²) < 4.78 is 0. The van der Waals surface area contributed by atoms with E-state index in [9.17, 15) is 4.79 Å². The van der Waals surface area contributed by atoms with Gasteiger partial charge in [0, 0.05) is 17.9 Å². The van der Waals surface area contributed by atoms with Gasteiger partial charge >= 0.3 is 0 Å². The molecule has 0 spiro atoms. The van der Waals surface area contributed by atoms with Crippen LogP contribution in [0.5, 0.6) is 0 Å². The van der Waals surface area contributed by atoms with Crippen LogP contribution in [0.1, 0.15) is 44.9 Å². The second-order valence-electron chi connectivity index (χ2n) is 5.16. The van der Waals surface area contributed by atoms with Gasteiger partial charge in [0.25, 0.3) is 0 Å². The zero-order chi connectivity index (χ0) is 12.3. The Bertz CT molecular complexity index is 311. The van der Waals surface area contributed by atoms with Gasteiger partial charge in [0.1, 0.15) is 5.84 Å². The van der Waals surface area contributed by atoms with Gasteiger partial charge in [-0.2, -0.15) is 0 Å². The summed E-state index contributed by atoms with van der Waals surface area (Å²) in [6.07, 6.45) is 7.18. The molecule has 2 unspecified atom stereocenters. The number of nitrogens with zero attached hydrogens (tertiary/aromatic N) is 1. The molecule has 2 aliphatic carbocycles. The first kappa shape index (κ1) is 12.2. The summed E-state index contributed by atoms with van der Waals surface area (Å²) in [5, 5.41) is 14.9. The van der Waals surface area contributed by atoms with E-state index in [1.807, 2.05) is 0 Å². The third kappa shape index (κ3) is 2.70. The van der Waals surface area contributed by atoms with Gasteiger partial charge in [-0.05, 0) is 25.7 Å². The fourth-order valence-electron chi connectivity index (χ4n) is 3.05. The molecule has 96 valence electrons. The average molecular weight is 239 g/mol. The van der Waals surface area contributed by atoms with Crippen molar-refractivity contribution >= 4 is 11.7 Å². The van der Waals surface area contributed by atoms with E-state index >= 15 is 0 Å². The number of rotatable bonds is 3. The normalized spacial score (nSPS) is 30.7. The molecule has 2 saturated carbocycles. The van der Waals surface area contributed by atoms with E-state index in [-0.39, 0.29) is 29.6 Å². The molecule has 2 atom stereocenters. The summed E-state index contributed by atoms with van der Waals surface area (Å²) in [6.45, 7) is 0. The lowest BCUT2D eigenvalue weighted by Crippen LogP contribution is -2.44. The summed E-state index contributed by atoms with van der Waals surface area (Å²) >= 11 is 0. The van der Waals surface area contributed by atoms with Gasteiger partial charge in [0.05, 0.1) is 0 Å². The lowest BCUT2D eigenvalue weighted by molar-refractivity contribution is -0.125. The zero-order valence-corrected chi connectivity index (χ0v) is 10.1. The number of carbonyl (C=O) groups excluding carboxylic acids is 1. The van der Waals surface area contributed by atoms with Crippen molar-refractivity contribution in [2.45, 2.75) is 51.0 Å². The van der Waals surface area contributed by atoms with Gasteiger partial charge in [0.2, 0.25) is 5.91 Å². The van der Waals surface area contributed by atoms with Crippen molar-refractivity contribution in [3.63, 3.8) is 0 Å². The van der Waals surface area contributed by atoms with E-state index in [1.54, 1.807) is 0 Å². The van der Waals surface area contributed by atoms with Crippen molar-refractivity contribution in [2.75, 3.05) is 0 Å². The molecule has 0 radical (unpaired) electrons. The van der Waals surface area contributed by atoms with Crippen LogP contribution in [-0.2, 0) is 4.79 Å². The maximum absolute atomic E-state index is 12.0. The Morgan fingerprint density at radius 1 is 1.18 bits per heavy atom. The van der Waals surface area contributed by atoms with Gasteiger partial charge in [-0.3, -0.25) is 4.79 Å². The van der Waals surface area contributed by atoms with Gasteiger partial charge in [-0.1, -0.05) is 24.4 Å². The SMILES string of the molecule is NC(=NO)C1CCCC1NC(=O)C1CCCC1. The summed E-state index contributed by atoms with van der Waals surface area (Å²) in [5.41, 5.74) is 5.65. The van der Waals surface area contributed by atoms with Gasteiger partial charge in [0.15, 0.2) is 0 Å². The molecule has 0 aromatic rings. The fourth-order valence-corrected chi connectivity index (χ4v) is 3.05. The smallest absolute Gasteiger partial charge is 0.223 e. The second kappa shape index (κ2) is 5.38. The zero-order valence-electron chi connectivity index (χ0n) is 10.1. The van der Waals surface area contributed by atoms with Crippen LogP contribution in [0.3, 0.4) is 0 Å². The molecule has 5 heteroatoms. The summed E-state index contributed by atoms with van der Waals surface area (Å²) in [6, 6.07) is 0.0546. The Hall–Kier alpha value is -1.26. The molecule has 0 bridgehead atoms. The molecule has 5 nitrogen and oxygen atoms in total. The van der Waals surface area contributed by atoms with Gasteiger partial charge < -0.3 is 16.3 Å². The number of amides is 1. The van der Waals surface area contributed by atoms with Crippen LogP contribution in [0.2, 0.25) is 0 Å². The number of hydrogen-bond donors (Lipinski definition) is 3. The molecule has 0 aromatic carbocycles. The Balaban J connectivity index is 1.91. The minimum atomic E-state index is 0.00496. The van der Waals surface area contributed by atoms with E-state index in [1.165, 1.54) is 0 Å². The van der Waals surface area contributed by atoms with Gasteiger partial charge in [-0.15, -0.1) is 0 Å². The first-order valence-corrected chi connectivity index (χ1v) is 6.50. The third-order valence-electron chi connectivity index (χ3n) is 4.06. The van der Waals surface area contributed by atoms with Gasteiger partial charge in [-0.25, -0.2) is 0 Å². The van der Waals surface area contributed by atoms with Crippen LogP contribution >= 0.6 is 0 Å². The quantitative estimate of drug-likeness (QED) is 0.299. The third-order valence-corrected chi connectivity index (χ3v) is 4.06. The van der Waals surface area contributed by atoms with Crippen molar-refractivity contribution in [1.29, 1.82) is 0 Å². The highest BCUT2D eigenvalue weighted by molar-refractivity contribution is 5.85. The molecule has 17 heavy (non-hydrogen) atoms. The van der Waals surface area contributed by atoms with E-state index in [2.05, 4.69) is 10.5 Å². The van der Waals surface area contributed by atoms with Crippen molar-refractivity contribution in [1.82, 2.24) is 5.32 Å². The van der Waals surface area contributed by atoms with Crippen molar-refractivity contribution in [3.05, 3.63) is 0 Å². The highest BCUT2D eigenvalue weighted by Gasteiger charge is 2.33. The van der Waals surface area contributed by atoms with Crippen molar-refractivity contribution < 1.29 is 10.0 Å². The second-order valence-corrected chi connectivity index (χ2v) is 5.16. The molecule has 4 N–H and O–H groups in total. The number of hydrogen-bond acceptors (Lipinski definition) is 3. The van der Waals surface area contributed by atoms with Crippen LogP contribution in [0, 0.1) is 11.8 Å². The number of amidine groups is 1. The number of nitrogens with two attached hydrogens (primary N) is 1. The van der Waals surface area contributed by atoms with Crippen LogP contribution in [-0.4, -0.2) is 23.0 Å². The molecule has 2 aliphatic rings. The van der Waals surface area contributed by atoms with Crippen LogP contribution < -0.4 is 11.1 Å². The molecule has 0 heterocycles. The Labute approximate surface area is 101 Å². The fraction of sp³-hybridized carbons (Fsp3) is 0.833. The highest BCUT2D eigenvalue weighted by atomic mass is 16.4. The molecule has 2 fully saturated rings. The largest absolute Gasteiger partial charge is 0.409 e. The standard InChI is InChI=1S/C12H21N3O2/c13-11(15-17)9-6-3-7-10(9)14-12(16)8-4-1-2-5-8/h8-10,17H,1-7H2,(H2,13,15)(H,14,16). The number of carbonyl (C=O) groups is 1. The topological polar surface area (TPSA) is 87.7 Å². The molecule has 2 rings (SSSR count). The summed E-state index contributed by atoms with van der Waals surface area (Å²) in [4.78, 5) is 12.0. The molecular formula is C12H21N3O2. The number of nitrogens with one attached hydrogen (secondary N) is 1. The van der Waals surface area contributed by atoms with E-state index in [4.69, 9.17) is 10.9 Å². The monoisotopic (exact) mass is 239 g/mol. The van der Waals surface area contributed by atoms with Crippen molar-refractivity contribution in [2.24, 2.45) is 22.7 Å². The predicted molar refractivity (Wildman–Crippen MR) is 64.6 cm³/mol. The van der Waals surface area contributed by atoms with Crippen LogP contribution in [0.25, 0.3) is 0 Å². The van der Waals surface area contributed by atoms with E-state index < -0.39 is 0 Å². The molecule has 0 aromatic heterocycles. The Kier molecular flexibility index (Phi) is 3.86. The van der Waals surface area contributed by atoms with Crippen LogP contribution in [0.4, 0.5) is 0 Å². The highest BCUT2D eigenvalue weighted by Crippen LogP contribution is 2.28.